The van der Waals surface area contributed by atoms with Crippen LogP contribution in [-0.2, 0) is 4.74 Å². The zero-order valence-electron chi connectivity index (χ0n) is 8.47. The molecule has 0 unspecified atom stereocenters. The summed E-state index contributed by atoms with van der Waals surface area (Å²) in [6.07, 6.45) is 2.00. The van der Waals surface area contributed by atoms with Crippen LogP contribution >= 0.6 is 0 Å². The number of methoxy groups -OCH3 is 1. The lowest BCUT2D eigenvalue weighted by Crippen LogP contribution is -2.04. The zero-order chi connectivity index (χ0) is 11.1. The summed E-state index contributed by atoms with van der Waals surface area (Å²) >= 11 is 0. The summed E-state index contributed by atoms with van der Waals surface area (Å²) in [5.41, 5.74) is 0.395. The van der Waals surface area contributed by atoms with Crippen molar-refractivity contribution in [1.82, 2.24) is 4.98 Å². The number of esters is 1. The van der Waals surface area contributed by atoms with E-state index in [-0.39, 0.29) is 6.61 Å². The van der Waals surface area contributed by atoms with E-state index in [4.69, 9.17) is 9.84 Å². The maximum atomic E-state index is 11.2. The van der Waals surface area contributed by atoms with Crippen molar-refractivity contribution in [2.45, 2.75) is 6.42 Å². The van der Waals surface area contributed by atoms with Gasteiger partial charge in [0.25, 0.3) is 0 Å². The van der Waals surface area contributed by atoms with Gasteiger partial charge in [-0.05, 0) is 6.07 Å². The molecule has 1 aromatic rings. The lowest BCUT2D eigenvalue weighted by molar-refractivity contribution is 0.0600. The summed E-state index contributed by atoms with van der Waals surface area (Å²) in [7, 11) is 1.31. The van der Waals surface area contributed by atoms with E-state index in [1.807, 2.05) is 0 Å². The second-order valence-corrected chi connectivity index (χ2v) is 2.80. The lowest BCUT2D eigenvalue weighted by Gasteiger charge is -2.04. The molecule has 1 rings (SSSR count). The molecule has 0 fully saturated rings. The van der Waals surface area contributed by atoms with Crippen LogP contribution in [0, 0.1) is 0 Å². The summed E-state index contributed by atoms with van der Waals surface area (Å²) in [5, 5.41) is 8.55. The molecule has 0 aromatic carbocycles. The Kier molecular flexibility index (Phi) is 4.56. The van der Waals surface area contributed by atoms with E-state index in [1.165, 1.54) is 19.4 Å². The molecule has 0 amide bonds. The Balaban J connectivity index is 2.62. The predicted molar refractivity (Wildman–Crippen MR) is 52.8 cm³/mol. The molecular weight excluding hydrogens is 198 g/mol. The van der Waals surface area contributed by atoms with Gasteiger partial charge in [0.05, 0.1) is 19.3 Å². The Morgan fingerprint density at radius 1 is 1.60 bits per heavy atom. The van der Waals surface area contributed by atoms with Crippen LogP contribution in [0.5, 0.6) is 5.88 Å². The van der Waals surface area contributed by atoms with Crippen molar-refractivity contribution in [2.24, 2.45) is 0 Å². The van der Waals surface area contributed by atoms with Crippen LogP contribution in [-0.4, -0.2) is 36.4 Å². The largest absolute Gasteiger partial charge is 0.478 e. The number of nitrogens with zero attached hydrogens (tertiary/aromatic N) is 1. The predicted octanol–water partition coefficient (Wildman–Crippen LogP) is 0.629. The molecule has 5 nitrogen and oxygen atoms in total. The quantitative estimate of drug-likeness (QED) is 0.571. The maximum absolute atomic E-state index is 11.2. The summed E-state index contributed by atoms with van der Waals surface area (Å²) in [6.45, 7) is 0.435. The first kappa shape index (κ1) is 11.5. The van der Waals surface area contributed by atoms with Crippen LogP contribution in [0.1, 0.15) is 16.8 Å². The molecule has 0 aliphatic heterocycles. The molecule has 0 atom stereocenters. The van der Waals surface area contributed by atoms with Crippen LogP contribution in [0.4, 0.5) is 0 Å². The number of aliphatic hydroxyl groups is 1. The average Bonchev–Trinajstić information content (AvgIpc) is 2.29. The fourth-order valence-corrected chi connectivity index (χ4v) is 0.974. The molecule has 1 aromatic heterocycles. The molecule has 1 N–H and O–H groups in total. The van der Waals surface area contributed by atoms with Crippen LogP contribution in [0.2, 0.25) is 0 Å². The van der Waals surface area contributed by atoms with Crippen molar-refractivity contribution in [3.63, 3.8) is 0 Å². The minimum atomic E-state index is -0.426. The molecule has 15 heavy (non-hydrogen) atoms. The molecule has 0 saturated carbocycles. The summed E-state index contributed by atoms with van der Waals surface area (Å²) in [5.74, 6) is -0.0734. The highest BCUT2D eigenvalue weighted by atomic mass is 16.5. The van der Waals surface area contributed by atoms with Gasteiger partial charge in [-0.15, -0.1) is 0 Å². The van der Waals surface area contributed by atoms with Crippen LogP contribution in [0.3, 0.4) is 0 Å². The zero-order valence-corrected chi connectivity index (χ0v) is 8.47. The molecule has 0 aliphatic carbocycles. The number of pyridine rings is 1. The molecule has 5 heteroatoms. The van der Waals surface area contributed by atoms with E-state index in [1.54, 1.807) is 6.07 Å². The third-order valence-electron chi connectivity index (χ3n) is 1.71. The van der Waals surface area contributed by atoms with Crippen LogP contribution < -0.4 is 4.74 Å². The Morgan fingerprint density at radius 3 is 3.07 bits per heavy atom. The number of aliphatic hydroxyl groups excluding tert-OH is 1. The second kappa shape index (κ2) is 5.98. The van der Waals surface area contributed by atoms with Gasteiger partial charge in [-0.3, -0.25) is 0 Å². The highest BCUT2D eigenvalue weighted by Gasteiger charge is 2.06. The minimum Gasteiger partial charge on any atom is -0.478 e. The second-order valence-electron chi connectivity index (χ2n) is 2.80. The van der Waals surface area contributed by atoms with Gasteiger partial charge < -0.3 is 14.6 Å². The maximum Gasteiger partial charge on any atom is 0.338 e. The summed E-state index contributed by atoms with van der Waals surface area (Å²) < 4.78 is 9.76. The van der Waals surface area contributed by atoms with Crippen molar-refractivity contribution in [3.05, 3.63) is 23.9 Å². The number of rotatable bonds is 5. The molecule has 1 heterocycles. The first-order valence-electron chi connectivity index (χ1n) is 4.56. The van der Waals surface area contributed by atoms with Crippen molar-refractivity contribution >= 4 is 5.97 Å². The van der Waals surface area contributed by atoms with Crippen molar-refractivity contribution in [1.29, 1.82) is 0 Å². The van der Waals surface area contributed by atoms with E-state index in [2.05, 4.69) is 9.72 Å². The molecule has 0 aliphatic rings. The van der Waals surface area contributed by atoms with E-state index in [0.717, 1.165) is 0 Å². The molecule has 0 spiro atoms. The van der Waals surface area contributed by atoms with Gasteiger partial charge in [0.15, 0.2) is 0 Å². The van der Waals surface area contributed by atoms with E-state index < -0.39 is 5.97 Å². The first-order valence-corrected chi connectivity index (χ1v) is 4.56. The monoisotopic (exact) mass is 211 g/mol. The van der Waals surface area contributed by atoms with Gasteiger partial charge in [0.2, 0.25) is 5.88 Å². The van der Waals surface area contributed by atoms with Crippen LogP contribution in [0.15, 0.2) is 18.3 Å². The van der Waals surface area contributed by atoms with Crippen molar-refractivity contribution in [2.75, 3.05) is 20.3 Å². The number of carbonyl (C=O) groups is 1. The Labute approximate surface area is 87.7 Å². The van der Waals surface area contributed by atoms with Gasteiger partial charge in [-0.2, -0.15) is 0 Å². The number of hydrogen-bond acceptors (Lipinski definition) is 5. The lowest BCUT2D eigenvalue weighted by atomic mass is 10.3. The molecule has 0 radical (unpaired) electrons. The van der Waals surface area contributed by atoms with E-state index >= 15 is 0 Å². The smallest absolute Gasteiger partial charge is 0.338 e. The van der Waals surface area contributed by atoms with Crippen LogP contribution in [0.25, 0.3) is 0 Å². The minimum absolute atomic E-state index is 0.0662. The topological polar surface area (TPSA) is 68.7 Å². The fraction of sp³-hybridized carbons (Fsp3) is 0.400. The fourth-order valence-electron chi connectivity index (χ4n) is 0.974. The van der Waals surface area contributed by atoms with E-state index in [9.17, 15) is 4.79 Å². The SMILES string of the molecule is COC(=O)c1ccnc(OCCCO)c1. The van der Waals surface area contributed by atoms with Gasteiger partial charge in [0.1, 0.15) is 0 Å². The molecular formula is C10H13NO4. The number of carbonyl (C=O) groups excluding carboxylic acids is 1. The Bertz CT molecular complexity index is 327. The summed E-state index contributed by atoms with van der Waals surface area (Å²) in [6, 6.07) is 3.05. The van der Waals surface area contributed by atoms with Gasteiger partial charge in [-0.25, -0.2) is 9.78 Å². The first-order chi connectivity index (χ1) is 7.27. The highest BCUT2D eigenvalue weighted by molar-refractivity contribution is 5.89. The van der Waals surface area contributed by atoms with Gasteiger partial charge >= 0.3 is 5.97 Å². The van der Waals surface area contributed by atoms with Gasteiger partial charge in [-0.1, -0.05) is 0 Å². The average molecular weight is 211 g/mol. The third-order valence-corrected chi connectivity index (χ3v) is 1.71. The summed E-state index contributed by atoms with van der Waals surface area (Å²) in [4.78, 5) is 15.1. The van der Waals surface area contributed by atoms with Crippen molar-refractivity contribution < 1.29 is 19.4 Å². The number of hydrogen-bond donors (Lipinski definition) is 1. The highest BCUT2D eigenvalue weighted by Crippen LogP contribution is 2.10. The Morgan fingerprint density at radius 2 is 2.40 bits per heavy atom. The third kappa shape index (κ3) is 3.55. The number of ether oxygens (including phenoxy) is 2. The Hall–Kier alpha value is -1.62. The molecule has 0 bridgehead atoms. The number of aromatic nitrogens is 1. The standard InChI is InChI=1S/C10H13NO4/c1-14-10(13)8-3-4-11-9(7-8)15-6-2-5-12/h3-4,7,12H,2,5-6H2,1H3. The normalized spacial score (nSPS) is 9.73. The van der Waals surface area contributed by atoms with Crippen molar-refractivity contribution in [3.8, 4) is 5.88 Å². The van der Waals surface area contributed by atoms with E-state index in [0.29, 0.717) is 24.5 Å². The molecule has 0 saturated heterocycles. The van der Waals surface area contributed by atoms with Gasteiger partial charge in [0, 0.05) is 25.3 Å². The molecule has 82 valence electrons.